The van der Waals surface area contributed by atoms with Crippen molar-refractivity contribution < 1.29 is 13.6 Å². The number of hydrogen-bond donors (Lipinski definition) is 1. The highest BCUT2D eigenvalue weighted by Crippen LogP contribution is 2.18. The monoisotopic (exact) mass is 333 g/mol. The number of carbonyl (C=O) groups excluding carboxylic acids is 1. The second-order valence-electron chi connectivity index (χ2n) is 5.44. The first kappa shape index (κ1) is 17.8. The van der Waals surface area contributed by atoms with Crippen LogP contribution in [-0.2, 0) is 0 Å². The van der Waals surface area contributed by atoms with Crippen molar-refractivity contribution in [3.63, 3.8) is 0 Å². The van der Waals surface area contributed by atoms with Crippen LogP contribution in [0.4, 0.5) is 14.6 Å². The Hall–Kier alpha value is -2.50. The molecule has 2 aromatic rings. The van der Waals surface area contributed by atoms with E-state index in [0.29, 0.717) is 5.56 Å². The lowest BCUT2D eigenvalue weighted by Gasteiger charge is -2.20. The van der Waals surface area contributed by atoms with E-state index in [4.69, 9.17) is 0 Å². The molecule has 1 heterocycles. The molecule has 0 fully saturated rings. The van der Waals surface area contributed by atoms with Crippen LogP contribution in [0.5, 0.6) is 0 Å². The number of carbonyl (C=O) groups is 1. The van der Waals surface area contributed by atoms with Gasteiger partial charge < -0.3 is 10.2 Å². The van der Waals surface area contributed by atoms with Gasteiger partial charge in [-0.15, -0.1) is 0 Å². The number of rotatable bonds is 6. The van der Waals surface area contributed by atoms with Crippen LogP contribution in [0.15, 0.2) is 36.5 Å². The predicted octanol–water partition coefficient (Wildman–Crippen LogP) is 3.70. The van der Waals surface area contributed by atoms with Crippen molar-refractivity contribution in [2.24, 2.45) is 0 Å². The molecule has 6 heteroatoms. The number of hydrogen-bond acceptors (Lipinski definition) is 3. The van der Waals surface area contributed by atoms with Crippen LogP contribution in [0.3, 0.4) is 0 Å². The van der Waals surface area contributed by atoms with Gasteiger partial charge in [-0.1, -0.05) is 6.07 Å². The van der Waals surface area contributed by atoms with Crippen molar-refractivity contribution in [3.05, 3.63) is 59.3 Å². The smallest absolute Gasteiger partial charge is 0.253 e. The van der Waals surface area contributed by atoms with Crippen molar-refractivity contribution in [2.75, 3.05) is 18.0 Å². The van der Waals surface area contributed by atoms with Gasteiger partial charge in [-0.05, 0) is 39.0 Å². The van der Waals surface area contributed by atoms with Crippen LogP contribution in [-0.4, -0.2) is 24.0 Å². The molecule has 0 bridgehead atoms. The lowest BCUT2D eigenvalue weighted by molar-refractivity contribution is 0.0939. The van der Waals surface area contributed by atoms with Crippen LogP contribution in [0.1, 0.15) is 42.7 Å². The minimum absolute atomic E-state index is 0.234. The van der Waals surface area contributed by atoms with Gasteiger partial charge in [0.05, 0.1) is 11.6 Å². The Labute approximate surface area is 140 Å². The summed E-state index contributed by atoms with van der Waals surface area (Å²) in [6.07, 6.45) is 1.50. The zero-order valence-corrected chi connectivity index (χ0v) is 14.0. The molecule has 0 unspecified atom stereocenters. The molecule has 0 saturated carbocycles. The summed E-state index contributed by atoms with van der Waals surface area (Å²) in [4.78, 5) is 18.6. The van der Waals surface area contributed by atoms with E-state index in [9.17, 15) is 13.6 Å². The molecule has 0 saturated heterocycles. The summed E-state index contributed by atoms with van der Waals surface area (Å²) in [6.45, 7) is 7.37. The van der Waals surface area contributed by atoms with Gasteiger partial charge in [0.15, 0.2) is 0 Å². The highest BCUT2D eigenvalue weighted by Gasteiger charge is 2.16. The summed E-state index contributed by atoms with van der Waals surface area (Å²) in [5.74, 6) is -0.886. The fraction of sp³-hybridized carbons (Fsp3) is 0.333. The lowest BCUT2D eigenvalue weighted by Crippen LogP contribution is -2.28. The zero-order chi connectivity index (χ0) is 17.7. The lowest BCUT2D eigenvalue weighted by atomic mass is 10.1. The van der Waals surface area contributed by atoms with Crippen molar-refractivity contribution >= 4 is 11.7 Å². The Bertz CT molecular complexity index is 700. The molecule has 24 heavy (non-hydrogen) atoms. The molecular weight excluding hydrogens is 312 g/mol. The number of nitrogens with zero attached hydrogens (tertiary/aromatic N) is 2. The molecule has 1 atom stereocenters. The first-order valence-corrected chi connectivity index (χ1v) is 7.93. The third-order valence-corrected chi connectivity index (χ3v) is 3.87. The molecule has 1 amide bonds. The van der Waals surface area contributed by atoms with E-state index < -0.39 is 17.7 Å². The highest BCUT2D eigenvalue weighted by atomic mass is 19.1. The van der Waals surface area contributed by atoms with Crippen LogP contribution in [0.2, 0.25) is 0 Å². The van der Waals surface area contributed by atoms with Crippen LogP contribution in [0, 0.1) is 11.6 Å². The van der Waals surface area contributed by atoms with Crippen LogP contribution >= 0.6 is 0 Å². The molecule has 0 aliphatic heterocycles. The summed E-state index contributed by atoms with van der Waals surface area (Å²) < 4.78 is 26.7. The van der Waals surface area contributed by atoms with E-state index in [1.54, 1.807) is 19.1 Å². The molecule has 0 spiro atoms. The number of aromatic nitrogens is 1. The van der Waals surface area contributed by atoms with E-state index in [1.165, 1.54) is 18.3 Å². The highest BCUT2D eigenvalue weighted by molar-refractivity contribution is 5.94. The maximum atomic E-state index is 13.8. The molecule has 1 aromatic heterocycles. The number of anilines is 1. The molecular formula is C18H21F2N3O. The maximum Gasteiger partial charge on any atom is 0.253 e. The van der Waals surface area contributed by atoms with Gasteiger partial charge >= 0.3 is 0 Å². The standard InChI is InChI=1S/C18H21F2N3O/c1-4-23(5-2)17-9-6-13(11-21-17)18(24)22-12(3)15-8-7-14(19)10-16(15)20/h6-12H,4-5H2,1-3H3,(H,22,24)/t12-/m0/s1. The molecule has 1 N–H and O–H groups in total. The van der Waals surface area contributed by atoms with E-state index >= 15 is 0 Å². The Kier molecular flexibility index (Phi) is 5.84. The topological polar surface area (TPSA) is 45.2 Å². The molecule has 4 nitrogen and oxygen atoms in total. The molecule has 1 aromatic carbocycles. The second kappa shape index (κ2) is 7.86. The predicted molar refractivity (Wildman–Crippen MR) is 90.0 cm³/mol. The minimum Gasteiger partial charge on any atom is -0.357 e. The van der Waals surface area contributed by atoms with E-state index in [2.05, 4.69) is 15.2 Å². The van der Waals surface area contributed by atoms with Crippen molar-refractivity contribution in [3.8, 4) is 0 Å². The van der Waals surface area contributed by atoms with Gasteiger partial charge in [-0.3, -0.25) is 4.79 Å². The molecule has 0 aliphatic rings. The molecule has 0 aliphatic carbocycles. The molecule has 128 valence electrons. The zero-order valence-electron chi connectivity index (χ0n) is 14.0. The summed E-state index contributed by atoms with van der Waals surface area (Å²) in [5, 5.41) is 2.69. The first-order chi connectivity index (χ1) is 11.5. The normalized spacial score (nSPS) is 11.9. The number of benzene rings is 1. The summed E-state index contributed by atoms with van der Waals surface area (Å²) >= 11 is 0. The fourth-order valence-corrected chi connectivity index (χ4v) is 2.47. The number of nitrogens with one attached hydrogen (secondary N) is 1. The summed E-state index contributed by atoms with van der Waals surface area (Å²) in [7, 11) is 0. The van der Waals surface area contributed by atoms with Gasteiger partial charge in [0, 0.05) is 30.9 Å². The average molecular weight is 333 g/mol. The summed E-state index contributed by atoms with van der Waals surface area (Å²) in [5.41, 5.74) is 0.623. The third kappa shape index (κ3) is 4.07. The van der Waals surface area contributed by atoms with Crippen LogP contribution < -0.4 is 10.2 Å². The average Bonchev–Trinajstić information content (AvgIpc) is 2.56. The number of pyridine rings is 1. The van der Waals surface area contributed by atoms with Crippen molar-refractivity contribution in [1.82, 2.24) is 10.3 Å². The third-order valence-electron chi connectivity index (χ3n) is 3.87. The minimum atomic E-state index is -0.683. The Balaban J connectivity index is 2.09. The largest absolute Gasteiger partial charge is 0.357 e. The fourth-order valence-electron chi connectivity index (χ4n) is 2.47. The number of amides is 1. The van der Waals surface area contributed by atoms with E-state index in [0.717, 1.165) is 25.0 Å². The number of halogens is 2. The second-order valence-corrected chi connectivity index (χ2v) is 5.44. The summed E-state index contributed by atoms with van der Waals surface area (Å²) in [6, 6.07) is 6.19. The molecule has 0 radical (unpaired) electrons. The van der Waals surface area contributed by atoms with Gasteiger partial charge in [0.1, 0.15) is 17.5 Å². The molecule has 2 rings (SSSR count). The van der Waals surface area contributed by atoms with Gasteiger partial charge in [0.25, 0.3) is 5.91 Å². The van der Waals surface area contributed by atoms with Gasteiger partial charge in [-0.25, -0.2) is 13.8 Å². The Morgan fingerprint density at radius 1 is 1.21 bits per heavy atom. The maximum absolute atomic E-state index is 13.8. The van der Waals surface area contributed by atoms with Gasteiger partial charge in [-0.2, -0.15) is 0 Å². The van der Waals surface area contributed by atoms with Crippen molar-refractivity contribution in [1.29, 1.82) is 0 Å². The quantitative estimate of drug-likeness (QED) is 0.877. The Morgan fingerprint density at radius 3 is 2.46 bits per heavy atom. The van der Waals surface area contributed by atoms with E-state index in [-0.39, 0.29) is 11.5 Å². The Morgan fingerprint density at radius 2 is 1.92 bits per heavy atom. The SMILES string of the molecule is CCN(CC)c1ccc(C(=O)N[C@@H](C)c2ccc(F)cc2F)cn1. The van der Waals surface area contributed by atoms with Crippen molar-refractivity contribution in [2.45, 2.75) is 26.8 Å². The van der Waals surface area contributed by atoms with E-state index in [1.807, 2.05) is 13.8 Å². The van der Waals surface area contributed by atoms with Crippen LogP contribution in [0.25, 0.3) is 0 Å². The van der Waals surface area contributed by atoms with Gasteiger partial charge in [0.2, 0.25) is 0 Å². The first-order valence-electron chi connectivity index (χ1n) is 7.93.